The van der Waals surface area contributed by atoms with Gasteiger partial charge in [0.25, 0.3) is 0 Å². The number of hydrogen-bond acceptors (Lipinski definition) is 3. The van der Waals surface area contributed by atoms with Crippen molar-refractivity contribution >= 4 is 0 Å². The van der Waals surface area contributed by atoms with E-state index in [1.807, 2.05) is 0 Å². The fourth-order valence-corrected chi connectivity index (χ4v) is 2.67. The molecule has 0 spiro atoms. The molecule has 0 radical (unpaired) electrons. The van der Waals surface area contributed by atoms with Gasteiger partial charge < -0.3 is 15.6 Å². The number of hydrogen-bond donors (Lipinski definition) is 2. The molecule has 0 heterocycles. The second-order valence-corrected chi connectivity index (χ2v) is 5.74. The van der Waals surface area contributed by atoms with E-state index in [-0.39, 0.29) is 18.8 Å². The number of nitrogens with two attached hydrogens (primary N) is 1. The Morgan fingerprint density at radius 3 is 2.59 bits per heavy atom. The lowest BCUT2D eigenvalue weighted by molar-refractivity contribution is -0.0772. The van der Waals surface area contributed by atoms with E-state index < -0.39 is 0 Å². The zero-order valence-corrected chi connectivity index (χ0v) is 11.6. The van der Waals surface area contributed by atoms with Gasteiger partial charge >= 0.3 is 0 Å². The monoisotopic (exact) mass is 243 g/mol. The molecule has 17 heavy (non-hydrogen) atoms. The van der Waals surface area contributed by atoms with Gasteiger partial charge in [0.2, 0.25) is 0 Å². The van der Waals surface area contributed by atoms with E-state index in [0.29, 0.717) is 12.0 Å². The Morgan fingerprint density at radius 2 is 2.06 bits per heavy atom. The highest BCUT2D eigenvalue weighted by Gasteiger charge is 2.27. The molecule has 3 N–H and O–H groups in total. The highest BCUT2D eigenvalue weighted by Crippen LogP contribution is 2.29. The van der Waals surface area contributed by atoms with Crippen LogP contribution in [0.1, 0.15) is 52.9 Å². The van der Waals surface area contributed by atoms with Gasteiger partial charge in [-0.3, -0.25) is 0 Å². The van der Waals surface area contributed by atoms with Gasteiger partial charge in [-0.2, -0.15) is 0 Å². The molecule has 4 unspecified atom stereocenters. The van der Waals surface area contributed by atoms with Crippen LogP contribution in [0.4, 0.5) is 0 Å². The Balaban J connectivity index is 2.44. The first-order chi connectivity index (χ1) is 8.08. The van der Waals surface area contributed by atoms with Crippen molar-refractivity contribution in [2.75, 3.05) is 6.61 Å². The van der Waals surface area contributed by atoms with Gasteiger partial charge in [-0.1, -0.05) is 40.0 Å². The topological polar surface area (TPSA) is 55.5 Å². The molecule has 1 rings (SSSR count). The fourth-order valence-electron chi connectivity index (χ4n) is 2.67. The first-order valence-corrected chi connectivity index (χ1v) is 7.10. The highest BCUT2D eigenvalue weighted by molar-refractivity contribution is 4.80. The smallest absolute Gasteiger partial charge is 0.0962 e. The van der Waals surface area contributed by atoms with Crippen LogP contribution in [-0.2, 0) is 4.74 Å². The van der Waals surface area contributed by atoms with Gasteiger partial charge in [0.1, 0.15) is 0 Å². The Morgan fingerprint density at radius 1 is 1.35 bits per heavy atom. The van der Waals surface area contributed by atoms with Crippen LogP contribution in [0.3, 0.4) is 0 Å². The lowest BCUT2D eigenvalue weighted by Crippen LogP contribution is -2.45. The molecule has 1 aliphatic rings. The molecule has 0 amide bonds. The molecule has 0 aliphatic heterocycles. The van der Waals surface area contributed by atoms with Gasteiger partial charge in [0, 0.05) is 6.04 Å². The number of aliphatic hydroxyl groups is 1. The van der Waals surface area contributed by atoms with E-state index in [4.69, 9.17) is 10.5 Å². The van der Waals surface area contributed by atoms with E-state index in [1.165, 1.54) is 19.3 Å². The minimum atomic E-state index is -0.199. The predicted molar refractivity (Wildman–Crippen MR) is 70.8 cm³/mol. The minimum Gasteiger partial charge on any atom is -0.394 e. The quantitative estimate of drug-likeness (QED) is 0.752. The highest BCUT2D eigenvalue weighted by atomic mass is 16.5. The maximum Gasteiger partial charge on any atom is 0.0962 e. The van der Waals surface area contributed by atoms with Crippen molar-refractivity contribution in [3.63, 3.8) is 0 Å². The summed E-state index contributed by atoms with van der Waals surface area (Å²) in [7, 11) is 0. The van der Waals surface area contributed by atoms with Crippen LogP contribution in [0, 0.1) is 11.8 Å². The van der Waals surface area contributed by atoms with Crippen molar-refractivity contribution < 1.29 is 9.84 Å². The molecule has 0 aromatic carbocycles. The zero-order chi connectivity index (χ0) is 12.8. The summed E-state index contributed by atoms with van der Waals surface area (Å²) in [5, 5.41) is 9.39. The van der Waals surface area contributed by atoms with E-state index in [1.54, 1.807) is 0 Å². The lowest BCUT2D eigenvalue weighted by Gasteiger charge is -2.34. The minimum absolute atomic E-state index is 0.0344. The SMILES string of the molecule is CCC1CCCC(OC(CO)C(N)C(C)C)C1. The zero-order valence-electron chi connectivity index (χ0n) is 11.6. The second kappa shape index (κ2) is 7.34. The molecule has 1 aliphatic carbocycles. The number of rotatable bonds is 6. The summed E-state index contributed by atoms with van der Waals surface area (Å²) in [5.41, 5.74) is 6.07. The second-order valence-electron chi connectivity index (χ2n) is 5.74. The van der Waals surface area contributed by atoms with Crippen molar-refractivity contribution in [3.8, 4) is 0 Å². The van der Waals surface area contributed by atoms with Crippen LogP contribution in [0.2, 0.25) is 0 Å². The lowest BCUT2D eigenvalue weighted by atomic mass is 9.85. The molecule has 4 atom stereocenters. The maximum atomic E-state index is 9.39. The third kappa shape index (κ3) is 4.57. The summed E-state index contributed by atoms with van der Waals surface area (Å²) in [4.78, 5) is 0. The molecule has 0 saturated heterocycles. The van der Waals surface area contributed by atoms with Crippen molar-refractivity contribution in [2.24, 2.45) is 17.6 Å². The van der Waals surface area contributed by atoms with Gasteiger partial charge in [0.15, 0.2) is 0 Å². The molecule has 102 valence electrons. The third-order valence-electron chi connectivity index (χ3n) is 4.06. The third-order valence-corrected chi connectivity index (χ3v) is 4.06. The molecule has 0 bridgehead atoms. The molecular formula is C14H29NO2. The summed E-state index contributed by atoms with van der Waals surface area (Å²) in [6, 6.07) is -0.0676. The first-order valence-electron chi connectivity index (χ1n) is 7.10. The summed E-state index contributed by atoms with van der Waals surface area (Å²) in [5.74, 6) is 1.14. The van der Waals surface area contributed by atoms with Gasteiger partial charge in [0.05, 0.1) is 18.8 Å². The predicted octanol–water partition coefficient (Wildman–Crippen LogP) is 2.32. The molecule has 3 nitrogen and oxygen atoms in total. The van der Waals surface area contributed by atoms with Crippen LogP contribution < -0.4 is 5.73 Å². The van der Waals surface area contributed by atoms with Crippen molar-refractivity contribution in [2.45, 2.75) is 71.1 Å². The number of ether oxygens (including phenoxy) is 1. The molecule has 0 aromatic heterocycles. The average Bonchev–Trinajstić information content (AvgIpc) is 2.35. The Labute approximate surface area is 106 Å². The Bertz CT molecular complexity index is 208. The first kappa shape index (κ1) is 14.9. The van der Waals surface area contributed by atoms with Crippen LogP contribution in [0.25, 0.3) is 0 Å². The summed E-state index contributed by atoms with van der Waals surface area (Å²) in [6.07, 6.45) is 6.18. The Hall–Kier alpha value is -0.120. The van der Waals surface area contributed by atoms with E-state index in [9.17, 15) is 5.11 Å². The summed E-state index contributed by atoms with van der Waals surface area (Å²) in [6.45, 7) is 6.43. The largest absolute Gasteiger partial charge is 0.394 e. The molecule has 1 fully saturated rings. The van der Waals surface area contributed by atoms with Crippen LogP contribution >= 0.6 is 0 Å². The van der Waals surface area contributed by atoms with E-state index in [0.717, 1.165) is 18.8 Å². The Kier molecular flexibility index (Phi) is 6.45. The molecule has 0 aromatic rings. The number of aliphatic hydroxyl groups excluding tert-OH is 1. The van der Waals surface area contributed by atoms with Gasteiger partial charge in [-0.15, -0.1) is 0 Å². The average molecular weight is 243 g/mol. The summed E-state index contributed by atoms with van der Waals surface area (Å²) < 4.78 is 6.02. The standard InChI is InChI=1S/C14H29NO2/c1-4-11-6-5-7-12(8-11)17-13(9-16)14(15)10(2)3/h10-14,16H,4-9,15H2,1-3H3. The van der Waals surface area contributed by atoms with E-state index in [2.05, 4.69) is 20.8 Å². The van der Waals surface area contributed by atoms with Crippen LogP contribution in [-0.4, -0.2) is 30.0 Å². The maximum absolute atomic E-state index is 9.39. The molecular weight excluding hydrogens is 214 g/mol. The van der Waals surface area contributed by atoms with Crippen LogP contribution in [0.15, 0.2) is 0 Å². The van der Waals surface area contributed by atoms with Crippen molar-refractivity contribution in [3.05, 3.63) is 0 Å². The van der Waals surface area contributed by atoms with Crippen molar-refractivity contribution in [1.29, 1.82) is 0 Å². The summed E-state index contributed by atoms with van der Waals surface area (Å²) >= 11 is 0. The van der Waals surface area contributed by atoms with Gasteiger partial charge in [-0.25, -0.2) is 0 Å². The molecule has 3 heteroatoms. The fraction of sp³-hybridized carbons (Fsp3) is 1.00. The van der Waals surface area contributed by atoms with E-state index >= 15 is 0 Å². The van der Waals surface area contributed by atoms with Crippen LogP contribution in [0.5, 0.6) is 0 Å². The van der Waals surface area contributed by atoms with Crippen molar-refractivity contribution in [1.82, 2.24) is 0 Å². The normalized spacial score (nSPS) is 29.3. The van der Waals surface area contributed by atoms with Gasteiger partial charge in [-0.05, 0) is 24.7 Å². The molecule has 1 saturated carbocycles.